The zero-order valence-corrected chi connectivity index (χ0v) is 19.8. The Labute approximate surface area is 201 Å². The van der Waals surface area contributed by atoms with Crippen LogP contribution in [0.15, 0.2) is 54.6 Å². The predicted molar refractivity (Wildman–Crippen MR) is 134 cm³/mol. The van der Waals surface area contributed by atoms with Crippen LogP contribution in [0.3, 0.4) is 0 Å². The van der Waals surface area contributed by atoms with E-state index in [1.165, 1.54) is 18.4 Å². The normalized spacial score (nSPS) is 18.7. The van der Waals surface area contributed by atoms with Crippen molar-refractivity contribution in [3.8, 4) is 0 Å². The molecular weight excluding hydrogens is 428 g/mol. The second kappa shape index (κ2) is 11.2. The number of carbonyl (C=O) groups excluding carboxylic acids is 3. The highest BCUT2D eigenvalue weighted by Crippen LogP contribution is 2.23. The van der Waals surface area contributed by atoms with Crippen molar-refractivity contribution in [2.75, 3.05) is 36.4 Å². The first-order valence-electron chi connectivity index (χ1n) is 12.2. The molecule has 3 amide bonds. The number of rotatable bonds is 9. The maximum absolute atomic E-state index is 12.7. The van der Waals surface area contributed by atoms with Gasteiger partial charge in [0.25, 0.3) is 0 Å². The second-order valence-corrected chi connectivity index (χ2v) is 9.38. The fourth-order valence-electron chi connectivity index (χ4n) is 4.73. The van der Waals surface area contributed by atoms with E-state index in [4.69, 9.17) is 0 Å². The third-order valence-electron chi connectivity index (χ3n) is 6.58. The fraction of sp³-hybridized carbons (Fsp3) is 0.444. The highest BCUT2D eigenvalue weighted by atomic mass is 16.2. The molecular formula is C27H34N4O3. The molecule has 2 unspecified atom stereocenters. The van der Waals surface area contributed by atoms with Crippen LogP contribution in [-0.2, 0) is 20.8 Å². The second-order valence-electron chi connectivity index (χ2n) is 9.38. The third kappa shape index (κ3) is 6.37. The predicted octanol–water partition coefficient (Wildman–Crippen LogP) is 3.21. The Balaban J connectivity index is 1.21. The van der Waals surface area contributed by atoms with Gasteiger partial charge in [0.2, 0.25) is 17.7 Å². The van der Waals surface area contributed by atoms with Gasteiger partial charge in [-0.2, -0.15) is 0 Å². The van der Waals surface area contributed by atoms with Crippen LogP contribution in [0.2, 0.25) is 0 Å². The van der Waals surface area contributed by atoms with E-state index in [1.807, 2.05) is 55.5 Å². The number of benzene rings is 2. The van der Waals surface area contributed by atoms with Crippen molar-refractivity contribution in [1.29, 1.82) is 0 Å². The van der Waals surface area contributed by atoms with Crippen molar-refractivity contribution in [3.05, 3.63) is 60.2 Å². The standard InChI is InChI=1S/C27H34N4O3/c1-20(16-25(32)29-23-10-7-11-24(18-23)30-13-5-6-14-30)28-27(34)22-17-26(33)31(19-22)15-12-21-8-3-2-4-9-21/h2-4,7-11,18,20,22H,5-6,12-17,19H2,1H3,(H,28,34)(H,29,32). The van der Waals surface area contributed by atoms with E-state index in [0.29, 0.717) is 13.1 Å². The molecule has 2 heterocycles. The van der Waals surface area contributed by atoms with Gasteiger partial charge in [0.15, 0.2) is 0 Å². The topological polar surface area (TPSA) is 81.8 Å². The summed E-state index contributed by atoms with van der Waals surface area (Å²) in [6.45, 7) is 4.96. The maximum Gasteiger partial charge on any atom is 0.226 e. The van der Waals surface area contributed by atoms with Crippen molar-refractivity contribution >= 4 is 29.1 Å². The molecule has 34 heavy (non-hydrogen) atoms. The third-order valence-corrected chi connectivity index (χ3v) is 6.58. The van der Waals surface area contributed by atoms with E-state index in [0.717, 1.165) is 30.9 Å². The molecule has 180 valence electrons. The van der Waals surface area contributed by atoms with Crippen LogP contribution < -0.4 is 15.5 Å². The van der Waals surface area contributed by atoms with Gasteiger partial charge in [0.05, 0.1) is 5.92 Å². The Morgan fingerprint density at radius 1 is 1.06 bits per heavy atom. The van der Waals surface area contributed by atoms with Crippen molar-refractivity contribution in [3.63, 3.8) is 0 Å². The minimum absolute atomic E-state index is 0.0133. The summed E-state index contributed by atoms with van der Waals surface area (Å²) in [6, 6.07) is 17.6. The van der Waals surface area contributed by atoms with Gasteiger partial charge in [-0.15, -0.1) is 0 Å². The van der Waals surface area contributed by atoms with Crippen molar-refractivity contribution in [2.45, 2.75) is 45.1 Å². The molecule has 0 saturated carbocycles. The zero-order valence-electron chi connectivity index (χ0n) is 19.8. The number of likely N-dealkylation sites (tertiary alicyclic amines) is 1. The molecule has 2 atom stereocenters. The van der Waals surface area contributed by atoms with Crippen molar-refractivity contribution in [2.24, 2.45) is 5.92 Å². The first-order valence-corrected chi connectivity index (χ1v) is 12.2. The first kappa shape index (κ1) is 23.8. The summed E-state index contributed by atoms with van der Waals surface area (Å²) in [5, 5.41) is 5.87. The molecule has 7 heteroatoms. The summed E-state index contributed by atoms with van der Waals surface area (Å²) in [5.41, 5.74) is 3.07. The summed E-state index contributed by atoms with van der Waals surface area (Å²) >= 11 is 0. The molecule has 0 bridgehead atoms. The quantitative estimate of drug-likeness (QED) is 0.600. The van der Waals surface area contributed by atoms with Gasteiger partial charge in [0.1, 0.15) is 0 Å². The lowest BCUT2D eigenvalue weighted by Gasteiger charge is -2.19. The van der Waals surface area contributed by atoms with Crippen LogP contribution in [0.1, 0.15) is 38.2 Å². The number of nitrogens with zero attached hydrogens (tertiary/aromatic N) is 2. The van der Waals surface area contributed by atoms with E-state index in [1.54, 1.807) is 4.90 Å². The van der Waals surface area contributed by atoms with Gasteiger partial charge >= 0.3 is 0 Å². The molecule has 2 aliphatic heterocycles. The lowest BCUT2D eigenvalue weighted by atomic mass is 10.1. The minimum Gasteiger partial charge on any atom is -0.371 e. The Kier molecular flexibility index (Phi) is 7.83. The molecule has 4 rings (SSSR count). The van der Waals surface area contributed by atoms with Crippen LogP contribution >= 0.6 is 0 Å². The minimum atomic E-state index is -0.370. The zero-order chi connectivity index (χ0) is 23.9. The molecule has 0 radical (unpaired) electrons. The fourth-order valence-corrected chi connectivity index (χ4v) is 4.73. The van der Waals surface area contributed by atoms with E-state index >= 15 is 0 Å². The van der Waals surface area contributed by atoms with E-state index in [-0.39, 0.29) is 42.5 Å². The largest absolute Gasteiger partial charge is 0.371 e. The number of carbonyl (C=O) groups is 3. The SMILES string of the molecule is CC(CC(=O)Nc1cccc(N2CCCC2)c1)NC(=O)C1CC(=O)N(CCc2ccccc2)C1. The average molecular weight is 463 g/mol. The summed E-state index contributed by atoms with van der Waals surface area (Å²) in [6.07, 6.45) is 3.58. The molecule has 0 aliphatic carbocycles. The maximum atomic E-state index is 12.7. The van der Waals surface area contributed by atoms with Crippen LogP contribution in [0.4, 0.5) is 11.4 Å². The van der Waals surface area contributed by atoms with Crippen LogP contribution in [0.25, 0.3) is 0 Å². The van der Waals surface area contributed by atoms with Crippen molar-refractivity contribution < 1.29 is 14.4 Å². The smallest absolute Gasteiger partial charge is 0.226 e. The monoisotopic (exact) mass is 462 g/mol. The Morgan fingerprint density at radius 3 is 2.59 bits per heavy atom. The van der Waals surface area contributed by atoms with Gasteiger partial charge in [-0.1, -0.05) is 36.4 Å². The summed E-state index contributed by atoms with van der Waals surface area (Å²) in [5.74, 6) is -0.657. The molecule has 2 saturated heterocycles. The van der Waals surface area contributed by atoms with E-state index < -0.39 is 0 Å². The number of anilines is 2. The van der Waals surface area contributed by atoms with Gasteiger partial charge in [0, 0.05) is 56.4 Å². The summed E-state index contributed by atoms with van der Waals surface area (Å²) < 4.78 is 0. The summed E-state index contributed by atoms with van der Waals surface area (Å²) in [4.78, 5) is 41.7. The van der Waals surface area contributed by atoms with Gasteiger partial charge in [-0.3, -0.25) is 14.4 Å². The molecule has 0 aromatic heterocycles. The van der Waals surface area contributed by atoms with Gasteiger partial charge in [-0.05, 0) is 49.9 Å². The molecule has 2 fully saturated rings. The lowest BCUT2D eigenvalue weighted by molar-refractivity contribution is -0.129. The highest BCUT2D eigenvalue weighted by Gasteiger charge is 2.34. The molecule has 7 nitrogen and oxygen atoms in total. The lowest BCUT2D eigenvalue weighted by Crippen LogP contribution is -2.40. The molecule has 2 aliphatic rings. The number of hydrogen-bond donors (Lipinski definition) is 2. The molecule has 2 aromatic carbocycles. The van der Waals surface area contributed by atoms with Gasteiger partial charge < -0.3 is 20.4 Å². The number of nitrogens with one attached hydrogen (secondary N) is 2. The molecule has 2 N–H and O–H groups in total. The Morgan fingerprint density at radius 2 is 1.82 bits per heavy atom. The molecule has 2 aromatic rings. The highest BCUT2D eigenvalue weighted by molar-refractivity contribution is 5.93. The van der Waals surface area contributed by atoms with Crippen LogP contribution in [0, 0.1) is 5.92 Å². The average Bonchev–Trinajstić information content (AvgIpc) is 3.48. The number of amides is 3. The molecule has 0 spiro atoms. The summed E-state index contributed by atoms with van der Waals surface area (Å²) in [7, 11) is 0. The van der Waals surface area contributed by atoms with Crippen LogP contribution in [0.5, 0.6) is 0 Å². The van der Waals surface area contributed by atoms with E-state index in [2.05, 4.69) is 21.6 Å². The van der Waals surface area contributed by atoms with Crippen molar-refractivity contribution in [1.82, 2.24) is 10.2 Å². The number of hydrogen-bond acceptors (Lipinski definition) is 4. The van der Waals surface area contributed by atoms with E-state index in [9.17, 15) is 14.4 Å². The van der Waals surface area contributed by atoms with Crippen LogP contribution in [-0.4, -0.2) is 54.8 Å². The Bertz CT molecular complexity index is 1000. The Hall–Kier alpha value is -3.35. The first-order chi connectivity index (χ1) is 16.5. The van der Waals surface area contributed by atoms with Gasteiger partial charge in [-0.25, -0.2) is 0 Å².